The molecule has 1 fully saturated rings. The number of amides is 1. The maximum atomic E-state index is 13.3. The minimum Gasteiger partial charge on any atom is -0.507 e. The molecule has 1 aliphatic rings. The van der Waals surface area contributed by atoms with Gasteiger partial charge in [-0.25, -0.2) is 0 Å². The molecule has 0 bridgehead atoms. The topological polar surface area (TPSA) is 79.7 Å². The smallest absolute Gasteiger partial charge is 0.300 e. The molecule has 0 saturated carbocycles. The molecule has 0 radical (unpaired) electrons. The van der Waals surface area contributed by atoms with Gasteiger partial charge in [0.1, 0.15) is 11.5 Å². The fraction of sp³-hybridized carbons (Fsp3) is 0.160. The van der Waals surface area contributed by atoms with Crippen molar-refractivity contribution < 1.29 is 19.4 Å². The van der Waals surface area contributed by atoms with Crippen LogP contribution in [0.25, 0.3) is 5.76 Å². The van der Waals surface area contributed by atoms with Crippen molar-refractivity contribution in [1.29, 1.82) is 0 Å². The zero-order chi connectivity index (χ0) is 22.1. The number of aliphatic hydroxyl groups excluding tert-OH is 1. The van der Waals surface area contributed by atoms with Crippen molar-refractivity contribution in [3.63, 3.8) is 0 Å². The van der Waals surface area contributed by atoms with Crippen LogP contribution in [0.3, 0.4) is 0 Å². The highest BCUT2D eigenvalue weighted by Gasteiger charge is 2.48. The fourth-order valence-corrected chi connectivity index (χ4v) is 4.01. The number of para-hydroxylation sites is 1. The summed E-state index contributed by atoms with van der Waals surface area (Å²) in [6, 6.07) is 15.2. The summed E-state index contributed by atoms with van der Waals surface area (Å²) in [4.78, 5) is 31.9. The first kappa shape index (κ1) is 20.3. The van der Waals surface area contributed by atoms with Crippen LogP contribution in [-0.4, -0.2) is 28.9 Å². The van der Waals surface area contributed by atoms with E-state index in [0.717, 1.165) is 11.1 Å². The summed E-state index contributed by atoms with van der Waals surface area (Å²) in [6.45, 7) is 3.86. The lowest BCUT2D eigenvalue weighted by Crippen LogP contribution is -2.30. The Morgan fingerprint density at radius 2 is 1.74 bits per heavy atom. The summed E-state index contributed by atoms with van der Waals surface area (Å²) in [5.41, 5.74) is 3.54. The third-order valence-electron chi connectivity index (χ3n) is 5.44. The number of ketones is 1. The Hall–Kier alpha value is -3.93. The highest BCUT2D eigenvalue weighted by atomic mass is 16.5. The van der Waals surface area contributed by atoms with E-state index < -0.39 is 17.7 Å². The van der Waals surface area contributed by atoms with E-state index in [1.165, 1.54) is 24.4 Å². The maximum absolute atomic E-state index is 13.3. The van der Waals surface area contributed by atoms with Crippen molar-refractivity contribution in [3.05, 3.63) is 94.8 Å². The largest absolute Gasteiger partial charge is 0.507 e. The lowest BCUT2D eigenvalue weighted by atomic mass is 9.94. The van der Waals surface area contributed by atoms with Gasteiger partial charge < -0.3 is 9.84 Å². The summed E-state index contributed by atoms with van der Waals surface area (Å²) in [6.07, 6.45) is 3.04. The normalized spacial score (nSPS) is 17.8. The van der Waals surface area contributed by atoms with Crippen LogP contribution in [0.2, 0.25) is 0 Å². The average Bonchev–Trinajstić information content (AvgIpc) is 3.04. The van der Waals surface area contributed by atoms with E-state index in [9.17, 15) is 14.7 Å². The van der Waals surface area contributed by atoms with E-state index in [-0.39, 0.29) is 11.3 Å². The highest BCUT2D eigenvalue weighted by molar-refractivity contribution is 6.51. The van der Waals surface area contributed by atoms with Gasteiger partial charge >= 0.3 is 0 Å². The molecule has 1 amide bonds. The van der Waals surface area contributed by atoms with Crippen LogP contribution < -0.4 is 9.64 Å². The van der Waals surface area contributed by atoms with Gasteiger partial charge in [-0.1, -0.05) is 35.9 Å². The van der Waals surface area contributed by atoms with Crippen molar-refractivity contribution in [2.45, 2.75) is 19.9 Å². The number of benzene rings is 2. The number of hydrogen-bond donors (Lipinski definition) is 1. The first-order valence-electron chi connectivity index (χ1n) is 9.85. The third kappa shape index (κ3) is 3.46. The molecule has 0 aliphatic carbocycles. The van der Waals surface area contributed by atoms with Crippen LogP contribution in [0, 0.1) is 13.8 Å². The number of aryl methyl sites for hydroxylation is 2. The zero-order valence-corrected chi connectivity index (χ0v) is 17.5. The van der Waals surface area contributed by atoms with Crippen molar-refractivity contribution in [3.8, 4) is 5.75 Å². The minimum atomic E-state index is -0.842. The first-order valence-corrected chi connectivity index (χ1v) is 9.85. The molecule has 1 aromatic heterocycles. The lowest BCUT2D eigenvalue weighted by Gasteiger charge is -2.28. The number of aromatic nitrogens is 1. The van der Waals surface area contributed by atoms with E-state index in [4.69, 9.17) is 4.74 Å². The fourth-order valence-electron chi connectivity index (χ4n) is 4.01. The molecule has 1 N–H and O–H groups in total. The van der Waals surface area contributed by atoms with Crippen LogP contribution >= 0.6 is 0 Å². The SMILES string of the molecule is COc1ccccc1C1/C(=C(\O)c2ccncc2)C(=O)C(=O)N1c1ccc(C)cc1C. The number of ether oxygens (including phenoxy) is 1. The lowest BCUT2D eigenvalue weighted by molar-refractivity contribution is -0.132. The third-order valence-corrected chi connectivity index (χ3v) is 5.44. The van der Waals surface area contributed by atoms with Gasteiger partial charge in [-0.2, -0.15) is 0 Å². The number of Topliss-reactive ketones (excluding diaryl/α,β-unsaturated/α-hetero) is 1. The summed E-state index contributed by atoms with van der Waals surface area (Å²) < 4.78 is 5.53. The zero-order valence-electron chi connectivity index (χ0n) is 17.5. The van der Waals surface area contributed by atoms with Crippen LogP contribution in [0.15, 0.2) is 72.6 Å². The number of anilines is 1. The number of aliphatic hydroxyl groups is 1. The molecule has 1 saturated heterocycles. The van der Waals surface area contributed by atoms with Gasteiger partial charge in [0.15, 0.2) is 0 Å². The van der Waals surface area contributed by atoms with Crippen LogP contribution in [-0.2, 0) is 9.59 Å². The predicted octanol–water partition coefficient (Wildman–Crippen LogP) is 4.33. The van der Waals surface area contributed by atoms with Gasteiger partial charge in [0.2, 0.25) is 0 Å². The molecular formula is C25H22N2O4. The Kier molecular flexibility index (Phi) is 5.29. The molecule has 1 unspecified atom stereocenters. The molecule has 3 aromatic rings. The first-order chi connectivity index (χ1) is 14.9. The van der Waals surface area contributed by atoms with Crippen molar-refractivity contribution in [1.82, 2.24) is 4.98 Å². The summed E-state index contributed by atoms with van der Waals surface area (Å²) >= 11 is 0. The minimum absolute atomic E-state index is 0.0145. The molecule has 0 spiro atoms. The molecule has 6 nitrogen and oxygen atoms in total. The Morgan fingerprint density at radius 3 is 2.42 bits per heavy atom. The van der Waals surface area contributed by atoms with E-state index in [1.54, 1.807) is 24.3 Å². The van der Waals surface area contributed by atoms with E-state index in [1.807, 2.05) is 44.2 Å². The molecule has 6 heteroatoms. The Morgan fingerprint density at radius 1 is 1.03 bits per heavy atom. The Labute approximate surface area is 180 Å². The number of nitrogens with zero attached hydrogens (tertiary/aromatic N) is 2. The molecule has 4 rings (SSSR count). The van der Waals surface area contributed by atoms with Crippen LogP contribution in [0.4, 0.5) is 5.69 Å². The number of carbonyl (C=O) groups excluding carboxylic acids is 2. The van der Waals surface area contributed by atoms with Gasteiger partial charge in [0.05, 0.1) is 18.7 Å². The summed E-state index contributed by atoms with van der Waals surface area (Å²) in [7, 11) is 1.53. The second-order valence-corrected chi connectivity index (χ2v) is 7.44. The van der Waals surface area contributed by atoms with Crippen molar-refractivity contribution in [2.75, 3.05) is 12.0 Å². The molecular weight excluding hydrogens is 392 g/mol. The van der Waals surface area contributed by atoms with Crippen molar-refractivity contribution >= 4 is 23.1 Å². The van der Waals surface area contributed by atoms with Gasteiger partial charge in [-0.3, -0.25) is 19.5 Å². The molecule has 1 aliphatic heterocycles. The molecule has 2 aromatic carbocycles. The van der Waals surface area contributed by atoms with E-state index >= 15 is 0 Å². The number of hydrogen-bond acceptors (Lipinski definition) is 5. The Balaban J connectivity index is 2.01. The quantitative estimate of drug-likeness (QED) is 0.390. The number of rotatable bonds is 4. The van der Waals surface area contributed by atoms with Gasteiger partial charge in [-0.15, -0.1) is 0 Å². The number of pyridine rings is 1. The van der Waals surface area contributed by atoms with Crippen LogP contribution in [0.1, 0.15) is 28.3 Å². The van der Waals surface area contributed by atoms with Crippen molar-refractivity contribution in [2.24, 2.45) is 0 Å². The maximum Gasteiger partial charge on any atom is 0.300 e. The average molecular weight is 414 g/mol. The number of methoxy groups -OCH3 is 1. The van der Waals surface area contributed by atoms with E-state index in [0.29, 0.717) is 22.6 Å². The molecule has 156 valence electrons. The highest BCUT2D eigenvalue weighted by Crippen LogP contribution is 2.45. The van der Waals surface area contributed by atoms with Gasteiger partial charge in [0.25, 0.3) is 11.7 Å². The monoisotopic (exact) mass is 414 g/mol. The van der Waals surface area contributed by atoms with Gasteiger partial charge in [-0.05, 0) is 43.7 Å². The number of carbonyl (C=O) groups is 2. The molecule has 31 heavy (non-hydrogen) atoms. The molecule has 2 heterocycles. The standard InChI is InChI=1S/C25H22N2O4/c1-15-8-9-19(16(2)14-15)27-22(18-6-4-5-7-20(18)31-3)21(24(29)25(27)30)23(28)17-10-12-26-13-11-17/h4-14,22,28H,1-3H3/b23-21+. The predicted molar refractivity (Wildman–Crippen MR) is 118 cm³/mol. The Bertz CT molecular complexity index is 1200. The van der Waals surface area contributed by atoms with Gasteiger partial charge in [0, 0.05) is 29.2 Å². The second-order valence-electron chi connectivity index (χ2n) is 7.44. The van der Waals surface area contributed by atoms with E-state index in [2.05, 4.69) is 4.98 Å². The second kappa shape index (κ2) is 8.07. The molecule has 1 atom stereocenters. The summed E-state index contributed by atoms with van der Waals surface area (Å²) in [5.74, 6) is -1.17. The summed E-state index contributed by atoms with van der Waals surface area (Å²) in [5, 5.41) is 11.1. The van der Waals surface area contributed by atoms with Crippen LogP contribution in [0.5, 0.6) is 5.75 Å².